The third-order valence-electron chi connectivity index (χ3n) is 4.80. The zero-order chi connectivity index (χ0) is 16.7. The second-order valence-corrected chi connectivity index (χ2v) is 6.51. The second-order valence-electron chi connectivity index (χ2n) is 6.51. The van der Waals surface area contributed by atoms with Gasteiger partial charge in [0.2, 0.25) is 5.95 Å². The summed E-state index contributed by atoms with van der Waals surface area (Å²) in [5.74, 6) is 1.83. The normalized spacial score (nSPS) is 15.2. The number of fused-ring (bicyclic) bond motifs is 1. The highest BCUT2D eigenvalue weighted by molar-refractivity contribution is 6.04. The van der Waals surface area contributed by atoms with Crippen LogP contribution in [-0.4, -0.2) is 15.5 Å². The van der Waals surface area contributed by atoms with Crippen molar-refractivity contribution in [1.82, 2.24) is 9.55 Å². The van der Waals surface area contributed by atoms with Gasteiger partial charge in [-0.15, -0.1) is 0 Å². The van der Waals surface area contributed by atoms with Gasteiger partial charge in [-0.25, -0.2) is 4.98 Å². The van der Waals surface area contributed by atoms with Crippen LogP contribution in [-0.2, 0) is 0 Å². The van der Waals surface area contributed by atoms with E-state index in [0.717, 1.165) is 29.6 Å². The lowest BCUT2D eigenvalue weighted by molar-refractivity contribution is 0.102. The maximum atomic E-state index is 12.7. The molecule has 0 radical (unpaired) electrons. The molecular formula is C19H21N3O2. The molecule has 1 amide bonds. The Morgan fingerprint density at radius 1 is 1.25 bits per heavy atom. The van der Waals surface area contributed by atoms with E-state index in [2.05, 4.69) is 20.9 Å². The van der Waals surface area contributed by atoms with Crippen LogP contribution >= 0.6 is 0 Å². The average molecular weight is 323 g/mol. The molecule has 0 spiro atoms. The van der Waals surface area contributed by atoms with E-state index in [4.69, 9.17) is 4.42 Å². The molecule has 124 valence electrons. The SMILES string of the molecule is Cc1cc(C(=O)Nc2nc3ccccc3n2C2CCCC2)c(C)o1. The lowest BCUT2D eigenvalue weighted by Gasteiger charge is -2.16. The third-order valence-corrected chi connectivity index (χ3v) is 4.80. The summed E-state index contributed by atoms with van der Waals surface area (Å²) in [6, 6.07) is 10.2. The number of hydrogen-bond donors (Lipinski definition) is 1. The zero-order valence-electron chi connectivity index (χ0n) is 14.0. The standard InChI is InChI=1S/C19H21N3O2/c1-12-11-15(13(2)24-12)18(23)21-19-20-16-9-5-6-10-17(16)22(19)14-7-3-4-8-14/h5-6,9-11,14H,3-4,7-8H2,1-2H3,(H,20,21,23). The molecule has 0 saturated heterocycles. The van der Waals surface area contributed by atoms with E-state index in [1.165, 1.54) is 12.8 Å². The number of anilines is 1. The number of nitrogens with one attached hydrogen (secondary N) is 1. The van der Waals surface area contributed by atoms with Crippen molar-refractivity contribution in [2.45, 2.75) is 45.6 Å². The van der Waals surface area contributed by atoms with Crippen molar-refractivity contribution in [3.8, 4) is 0 Å². The number of carbonyl (C=O) groups excluding carboxylic acids is 1. The van der Waals surface area contributed by atoms with E-state index >= 15 is 0 Å². The second kappa shape index (κ2) is 5.82. The molecule has 24 heavy (non-hydrogen) atoms. The zero-order valence-corrected chi connectivity index (χ0v) is 14.0. The van der Waals surface area contributed by atoms with Crippen molar-refractivity contribution in [1.29, 1.82) is 0 Å². The molecule has 0 aliphatic heterocycles. The number of aryl methyl sites for hydroxylation is 2. The number of nitrogens with zero attached hydrogens (tertiary/aromatic N) is 2. The van der Waals surface area contributed by atoms with Gasteiger partial charge in [0, 0.05) is 6.04 Å². The molecular weight excluding hydrogens is 302 g/mol. The van der Waals surface area contributed by atoms with E-state index < -0.39 is 0 Å². The van der Waals surface area contributed by atoms with E-state index in [1.807, 2.05) is 32.0 Å². The summed E-state index contributed by atoms with van der Waals surface area (Å²) >= 11 is 0. The number of para-hydroxylation sites is 2. The van der Waals surface area contributed by atoms with E-state index in [9.17, 15) is 4.79 Å². The van der Waals surface area contributed by atoms with Crippen LogP contribution in [0, 0.1) is 13.8 Å². The van der Waals surface area contributed by atoms with Gasteiger partial charge in [-0.1, -0.05) is 25.0 Å². The molecule has 2 heterocycles. The summed E-state index contributed by atoms with van der Waals surface area (Å²) in [7, 11) is 0. The van der Waals surface area contributed by atoms with Crippen LogP contribution in [0.4, 0.5) is 5.95 Å². The summed E-state index contributed by atoms with van der Waals surface area (Å²) in [5.41, 5.74) is 2.57. The van der Waals surface area contributed by atoms with Crippen molar-refractivity contribution >= 4 is 22.9 Å². The molecule has 1 saturated carbocycles. The molecule has 5 heteroatoms. The highest BCUT2D eigenvalue weighted by atomic mass is 16.3. The van der Waals surface area contributed by atoms with Gasteiger partial charge in [-0.05, 0) is 44.9 Å². The lowest BCUT2D eigenvalue weighted by Crippen LogP contribution is -2.17. The van der Waals surface area contributed by atoms with Crippen LogP contribution in [0.1, 0.15) is 53.6 Å². The number of hydrogen-bond acceptors (Lipinski definition) is 3. The fourth-order valence-electron chi connectivity index (χ4n) is 3.69. The van der Waals surface area contributed by atoms with Crippen LogP contribution in [0.2, 0.25) is 0 Å². The smallest absolute Gasteiger partial charge is 0.261 e. The largest absolute Gasteiger partial charge is 0.466 e. The fourth-order valence-corrected chi connectivity index (χ4v) is 3.69. The average Bonchev–Trinajstić information content (AvgIpc) is 3.25. The molecule has 1 aliphatic carbocycles. The number of amides is 1. The quantitative estimate of drug-likeness (QED) is 0.765. The molecule has 3 aromatic rings. The molecule has 5 nitrogen and oxygen atoms in total. The number of rotatable bonds is 3. The Morgan fingerprint density at radius 3 is 2.71 bits per heavy atom. The van der Waals surface area contributed by atoms with Crippen LogP contribution in [0.3, 0.4) is 0 Å². The Bertz CT molecular complexity index is 901. The van der Waals surface area contributed by atoms with Gasteiger partial charge in [0.25, 0.3) is 5.91 Å². The number of imidazole rings is 1. The lowest BCUT2D eigenvalue weighted by atomic mass is 10.2. The van der Waals surface area contributed by atoms with Crippen molar-refractivity contribution < 1.29 is 9.21 Å². The van der Waals surface area contributed by atoms with Crippen LogP contribution in [0.5, 0.6) is 0 Å². The molecule has 0 atom stereocenters. The van der Waals surface area contributed by atoms with Crippen LogP contribution in [0.25, 0.3) is 11.0 Å². The monoisotopic (exact) mass is 323 g/mol. The Kier molecular flexibility index (Phi) is 3.63. The predicted octanol–water partition coefficient (Wildman–Crippen LogP) is 4.61. The number of carbonyl (C=O) groups is 1. The molecule has 1 aromatic carbocycles. The minimum Gasteiger partial charge on any atom is -0.466 e. The molecule has 0 unspecified atom stereocenters. The fraction of sp³-hybridized carbons (Fsp3) is 0.368. The molecule has 0 bridgehead atoms. The Hall–Kier alpha value is -2.56. The summed E-state index contributed by atoms with van der Waals surface area (Å²) in [5, 5.41) is 3.00. The molecule has 1 N–H and O–H groups in total. The van der Waals surface area contributed by atoms with Gasteiger partial charge < -0.3 is 8.98 Å². The Morgan fingerprint density at radius 2 is 2.00 bits per heavy atom. The topological polar surface area (TPSA) is 60.1 Å². The summed E-state index contributed by atoms with van der Waals surface area (Å²) in [6.45, 7) is 3.65. The number of benzene rings is 1. The Balaban J connectivity index is 1.74. The van der Waals surface area contributed by atoms with Crippen molar-refractivity contribution in [2.75, 3.05) is 5.32 Å². The highest BCUT2D eigenvalue weighted by Crippen LogP contribution is 2.35. The maximum absolute atomic E-state index is 12.7. The van der Waals surface area contributed by atoms with Crippen LogP contribution < -0.4 is 5.32 Å². The van der Waals surface area contributed by atoms with Crippen LogP contribution in [0.15, 0.2) is 34.7 Å². The van der Waals surface area contributed by atoms with E-state index in [1.54, 1.807) is 6.07 Å². The van der Waals surface area contributed by atoms with Gasteiger partial charge in [-0.2, -0.15) is 0 Å². The van der Waals surface area contributed by atoms with Gasteiger partial charge in [-0.3, -0.25) is 10.1 Å². The molecule has 2 aromatic heterocycles. The molecule has 1 fully saturated rings. The van der Waals surface area contributed by atoms with E-state index in [0.29, 0.717) is 23.3 Å². The summed E-state index contributed by atoms with van der Waals surface area (Å²) < 4.78 is 7.67. The molecule has 1 aliphatic rings. The first kappa shape index (κ1) is 15.0. The number of aromatic nitrogens is 2. The summed E-state index contributed by atoms with van der Waals surface area (Å²) in [4.78, 5) is 17.3. The van der Waals surface area contributed by atoms with Crippen molar-refractivity contribution in [3.63, 3.8) is 0 Å². The first-order valence-electron chi connectivity index (χ1n) is 8.49. The van der Waals surface area contributed by atoms with Crippen molar-refractivity contribution in [3.05, 3.63) is 47.4 Å². The molecule has 4 rings (SSSR count). The van der Waals surface area contributed by atoms with Gasteiger partial charge in [0.1, 0.15) is 11.5 Å². The highest BCUT2D eigenvalue weighted by Gasteiger charge is 2.24. The number of furan rings is 1. The maximum Gasteiger partial charge on any atom is 0.261 e. The first-order valence-corrected chi connectivity index (χ1v) is 8.49. The predicted molar refractivity (Wildman–Crippen MR) is 93.4 cm³/mol. The van der Waals surface area contributed by atoms with E-state index in [-0.39, 0.29) is 5.91 Å². The van der Waals surface area contributed by atoms with Gasteiger partial charge in [0.05, 0.1) is 16.6 Å². The minimum absolute atomic E-state index is 0.168. The van der Waals surface area contributed by atoms with Gasteiger partial charge >= 0.3 is 0 Å². The third kappa shape index (κ3) is 2.50. The minimum atomic E-state index is -0.168. The summed E-state index contributed by atoms with van der Waals surface area (Å²) in [6.07, 6.45) is 4.72. The van der Waals surface area contributed by atoms with Crippen molar-refractivity contribution in [2.24, 2.45) is 0 Å². The first-order chi connectivity index (χ1) is 11.6. The van der Waals surface area contributed by atoms with Gasteiger partial charge in [0.15, 0.2) is 0 Å². The Labute approximate surface area is 140 Å².